The lowest BCUT2D eigenvalue weighted by atomic mass is 10.1. The third-order valence-electron chi connectivity index (χ3n) is 3.53. The molecule has 1 N–H and O–H groups in total. The summed E-state index contributed by atoms with van der Waals surface area (Å²) in [6, 6.07) is 5.19. The van der Waals surface area contributed by atoms with Crippen LogP contribution in [0.25, 0.3) is 0 Å². The normalized spacial score (nSPS) is 12.4. The Morgan fingerprint density at radius 3 is 2.86 bits per heavy atom. The van der Waals surface area contributed by atoms with Crippen LogP contribution >= 0.6 is 0 Å². The van der Waals surface area contributed by atoms with Gasteiger partial charge in [-0.2, -0.15) is 5.10 Å². The van der Waals surface area contributed by atoms with Crippen molar-refractivity contribution in [3.05, 3.63) is 47.5 Å². The van der Waals surface area contributed by atoms with Crippen molar-refractivity contribution >= 4 is 0 Å². The Labute approximate surface area is 124 Å². The highest BCUT2D eigenvalue weighted by molar-refractivity contribution is 5.30. The molecule has 4 nitrogen and oxygen atoms in total. The summed E-state index contributed by atoms with van der Waals surface area (Å²) >= 11 is 0. The van der Waals surface area contributed by atoms with E-state index in [9.17, 15) is 4.39 Å². The summed E-state index contributed by atoms with van der Waals surface area (Å²) in [5.41, 5.74) is 2.16. The van der Waals surface area contributed by atoms with Gasteiger partial charge in [-0.05, 0) is 49.6 Å². The first-order valence-corrected chi connectivity index (χ1v) is 7.14. The number of hydrogen-bond acceptors (Lipinski definition) is 3. The average molecular weight is 291 g/mol. The van der Waals surface area contributed by atoms with Crippen molar-refractivity contribution in [2.24, 2.45) is 7.05 Å². The monoisotopic (exact) mass is 291 g/mol. The number of aryl methyl sites for hydroxylation is 2. The van der Waals surface area contributed by atoms with E-state index in [1.54, 1.807) is 6.07 Å². The van der Waals surface area contributed by atoms with E-state index in [1.807, 2.05) is 37.1 Å². The molecule has 0 saturated carbocycles. The largest absolute Gasteiger partial charge is 0.494 e. The van der Waals surface area contributed by atoms with E-state index in [2.05, 4.69) is 10.4 Å². The zero-order valence-electron chi connectivity index (χ0n) is 12.8. The molecule has 0 fully saturated rings. The predicted octanol–water partition coefficient (Wildman–Crippen LogP) is 2.85. The van der Waals surface area contributed by atoms with E-state index in [0.717, 1.165) is 24.9 Å². The summed E-state index contributed by atoms with van der Waals surface area (Å²) in [4.78, 5) is 0. The molecule has 1 aromatic heterocycles. The van der Waals surface area contributed by atoms with Gasteiger partial charge < -0.3 is 10.1 Å². The minimum absolute atomic E-state index is 0.110. The Morgan fingerprint density at radius 2 is 2.24 bits per heavy atom. The van der Waals surface area contributed by atoms with Gasteiger partial charge >= 0.3 is 0 Å². The summed E-state index contributed by atoms with van der Waals surface area (Å²) in [5.74, 6) is -0.0402. The molecular weight excluding hydrogens is 269 g/mol. The van der Waals surface area contributed by atoms with Gasteiger partial charge in [-0.15, -0.1) is 0 Å². The molecule has 0 amide bonds. The lowest BCUT2D eigenvalue weighted by Crippen LogP contribution is -2.20. The van der Waals surface area contributed by atoms with Crippen molar-refractivity contribution in [1.82, 2.24) is 15.1 Å². The van der Waals surface area contributed by atoms with Crippen molar-refractivity contribution in [1.29, 1.82) is 0 Å². The van der Waals surface area contributed by atoms with Crippen LogP contribution in [0.5, 0.6) is 5.75 Å². The zero-order valence-corrected chi connectivity index (χ0v) is 12.8. The lowest BCUT2D eigenvalue weighted by molar-refractivity contribution is 0.385. The molecule has 0 aliphatic rings. The molecule has 1 unspecified atom stereocenters. The predicted molar refractivity (Wildman–Crippen MR) is 80.9 cm³/mol. The fourth-order valence-electron chi connectivity index (χ4n) is 2.28. The molecule has 0 spiro atoms. The zero-order chi connectivity index (χ0) is 15.2. The Morgan fingerprint density at radius 1 is 1.43 bits per heavy atom. The first-order chi connectivity index (χ1) is 10.1. The second kappa shape index (κ2) is 7.22. The maximum absolute atomic E-state index is 13.7. The molecule has 0 aliphatic heterocycles. The van der Waals surface area contributed by atoms with E-state index in [1.165, 1.54) is 18.7 Å². The quantitative estimate of drug-likeness (QED) is 0.797. The molecule has 0 saturated heterocycles. The molecule has 114 valence electrons. The van der Waals surface area contributed by atoms with Gasteiger partial charge in [-0.25, -0.2) is 4.39 Å². The summed E-state index contributed by atoms with van der Waals surface area (Å²) in [5, 5.41) is 7.55. The SMILES string of the molecule is COc1ccc(C(C)NCCCc2cnn(C)c2)cc1F. The fourth-order valence-corrected chi connectivity index (χ4v) is 2.28. The van der Waals surface area contributed by atoms with Crippen molar-refractivity contribution in [3.63, 3.8) is 0 Å². The Balaban J connectivity index is 1.79. The van der Waals surface area contributed by atoms with E-state index >= 15 is 0 Å². The molecule has 5 heteroatoms. The Hall–Kier alpha value is -1.88. The van der Waals surface area contributed by atoms with Crippen LogP contribution in [0.15, 0.2) is 30.6 Å². The smallest absolute Gasteiger partial charge is 0.165 e. The van der Waals surface area contributed by atoms with Gasteiger partial charge in [0.25, 0.3) is 0 Å². The van der Waals surface area contributed by atoms with Crippen LogP contribution < -0.4 is 10.1 Å². The molecule has 1 heterocycles. The third-order valence-corrected chi connectivity index (χ3v) is 3.53. The standard InChI is InChI=1S/C16H22FN3O/c1-12(14-6-7-16(21-3)15(17)9-14)18-8-4-5-13-10-19-20(2)11-13/h6-7,9-12,18H,4-5,8H2,1-3H3. The third kappa shape index (κ3) is 4.29. The van der Waals surface area contributed by atoms with E-state index in [-0.39, 0.29) is 17.6 Å². The number of nitrogens with one attached hydrogen (secondary N) is 1. The molecular formula is C16H22FN3O. The van der Waals surface area contributed by atoms with Crippen LogP contribution in [0, 0.1) is 5.82 Å². The van der Waals surface area contributed by atoms with Crippen molar-refractivity contribution in [2.75, 3.05) is 13.7 Å². The van der Waals surface area contributed by atoms with Crippen LogP contribution in [0.3, 0.4) is 0 Å². The number of aromatic nitrogens is 2. The van der Waals surface area contributed by atoms with Crippen molar-refractivity contribution < 1.29 is 9.13 Å². The molecule has 0 radical (unpaired) electrons. The second-order valence-corrected chi connectivity index (χ2v) is 5.20. The number of rotatable bonds is 7. The summed E-state index contributed by atoms with van der Waals surface area (Å²) in [6.45, 7) is 2.91. The van der Waals surface area contributed by atoms with Crippen molar-refractivity contribution in [2.45, 2.75) is 25.8 Å². The first-order valence-electron chi connectivity index (χ1n) is 7.14. The van der Waals surface area contributed by atoms with Crippen molar-refractivity contribution in [3.8, 4) is 5.75 Å². The summed E-state index contributed by atoms with van der Waals surface area (Å²) in [6.07, 6.45) is 5.93. The van der Waals surface area contributed by atoms with E-state index in [4.69, 9.17) is 4.74 Å². The van der Waals surface area contributed by atoms with Gasteiger partial charge in [-0.3, -0.25) is 4.68 Å². The molecule has 21 heavy (non-hydrogen) atoms. The highest BCUT2D eigenvalue weighted by Gasteiger charge is 2.09. The Kier molecular flexibility index (Phi) is 5.33. The van der Waals surface area contributed by atoms with E-state index in [0.29, 0.717) is 0 Å². The maximum Gasteiger partial charge on any atom is 0.165 e. The van der Waals surface area contributed by atoms with E-state index < -0.39 is 0 Å². The summed E-state index contributed by atoms with van der Waals surface area (Å²) in [7, 11) is 3.39. The van der Waals surface area contributed by atoms with Crippen LogP contribution in [0.4, 0.5) is 4.39 Å². The number of nitrogens with zero attached hydrogens (tertiary/aromatic N) is 2. The highest BCUT2D eigenvalue weighted by Crippen LogP contribution is 2.21. The number of methoxy groups -OCH3 is 1. The van der Waals surface area contributed by atoms with Gasteiger partial charge in [0.05, 0.1) is 13.3 Å². The van der Waals surface area contributed by atoms with Crippen LogP contribution in [-0.4, -0.2) is 23.4 Å². The van der Waals surface area contributed by atoms with Gasteiger partial charge in [0, 0.05) is 19.3 Å². The minimum Gasteiger partial charge on any atom is -0.494 e. The van der Waals surface area contributed by atoms with Crippen LogP contribution in [0.1, 0.15) is 30.5 Å². The second-order valence-electron chi connectivity index (χ2n) is 5.20. The maximum atomic E-state index is 13.7. The highest BCUT2D eigenvalue weighted by atomic mass is 19.1. The topological polar surface area (TPSA) is 39.1 Å². The molecule has 0 aliphatic carbocycles. The molecule has 0 bridgehead atoms. The molecule has 2 aromatic rings. The number of benzene rings is 1. The Bertz CT molecular complexity index is 583. The molecule has 1 aromatic carbocycles. The van der Waals surface area contributed by atoms with Crippen LogP contribution in [0.2, 0.25) is 0 Å². The lowest BCUT2D eigenvalue weighted by Gasteiger charge is -2.15. The average Bonchev–Trinajstić information content (AvgIpc) is 2.89. The van der Waals surface area contributed by atoms with Gasteiger partial charge in [-0.1, -0.05) is 6.07 Å². The number of hydrogen-bond donors (Lipinski definition) is 1. The summed E-state index contributed by atoms with van der Waals surface area (Å²) < 4.78 is 20.4. The number of ether oxygens (including phenoxy) is 1. The minimum atomic E-state index is -0.320. The fraction of sp³-hybridized carbons (Fsp3) is 0.438. The first kappa shape index (κ1) is 15.5. The molecule has 2 rings (SSSR count). The van der Waals surface area contributed by atoms with Gasteiger partial charge in [0.1, 0.15) is 0 Å². The molecule has 1 atom stereocenters. The van der Waals surface area contributed by atoms with Crippen LogP contribution in [-0.2, 0) is 13.5 Å². The van der Waals surface area contributed by atoms with Gasteiger partial charge in [0.2, 0.25) is 0 Å². The van der Waals surface area contributed by atoms with Gasteiger partial charge in [0.15, 0.2) is 11.6 Å². The number of halogens is 1.